The van der Waals surface area contributed by atoms with Crippen molar-refractivity contribution < 1.29 is 21.6 Å². The average molecular weight is 1560 g/mol. The number of amides is 2. The van der Waals surface area contributed by atoms with E-state index < -0.39 is 38.2 Å². The number of benzene rings is 4. The van der Waals surface area contributed by atoms with Crippen molar-refractivity contribution in [2.45, 2.75) is 36.3 Å². The van der Waals surface area contributed by atoms with Crippen LogP contribution in [0.15, 0.2) is 171 Å². The van der Waals surface area contributed by atoms with Gasteiger partial charge in [-0.2, -0.15) is 8.61 Å². The minimum absolute atomic E-state index is 0.141. The number of nitrogens with one attached hydrogen (secondary N) is 1. The number of carbonyl (C=O) groups excluding carboxylic acids is 1. The lowest BCUT2D eigenvalue weighted by atomic mass is 9.90. The molecule has 0 spiro atoms. The van der Waals surface area contributed by atoms with Crippen molar-refractivity contribution in [2.24, 2.45) is 38.3 Å². The molecule has 3 saturated heterocycles. The fourth-order valence-corrected chi connectivity index (χ4v) is 17.7. The number of pyridine rings is 3. The highest BCUT2D eigenvalue weighted by Gasteiger charge is 2.40. The van der Waals surface area contributed by atoms with Crippen LogP contribution < -0.4 is 22.5 Å². The second-order valence-corrected chi connectivity index (χ2v) is 33.1. The van der Waals surface area contributed by atoms with Crippen LogP contribution in [0.3, 0.4) is 0 Å². The van der Waals surface area contributed by atoms with E-state index in [1.807, 2.05) is 125 Å². The summed E-state index contributed by atoms with van der Waals surface area (Å²) < 4.78 is 57.1. The second-order valence-electron chi connectivity index (χ2n) is 27.9. The minimum atomic E-state index is -3.22. The first-order chi connectivity index (χ1) is 52.4. The molecule has 2 amide bonds. The van der Waals surface area contributed by atoms with Crippen molar-refractivity contribution in [2.75, 3.05) is 96.4 Å². The number of anilines is 1. The molecule has 25 nitrogen and oxygen atoms in total. The van der Waals surface area contributed by atoms with Gasteiger partial charge in [0.15, 0.2) is 5.69 Å². The zero-order valence-electron chi connectivity index (χ0n) is 60.7. The zero-order valence-corrected chi connectivity index (χ0v) is 64.6. The predicted octanol–water partition coefficient (Wildman–Crippen LogP) is 10.9. The van der Waals surface area contributed by atoms with E-state index in [1.165, 1.54) is 21.1 Å². The summed E-state index contributed by atoms with van der Waals surface area (Å²) in [5, 5.41) is 4.84. The van der Waals surface area contributed by atoms with Crippen LogP contribution in [0.1, 0.15) is 120 Å². The van der Waals surface area contributed by atoms with E-state index in [2.05, 4.69) is 70.2 Å². The van der Waals surface area contributed by atoms with Gasteiger partial charge < -0.3 is 41.1 Å². The Morgan fingerprint density at radius 3 is 1.09 bits per heavy atom. The molecule has 3 unspecified atom stereocenters. The van der Waals surface area contributed by atoms with Crippen molar-refractivity contribution >= 4 is 107 Å². The molecule has 0 radical (unpaired) electrons. The van der Waals surface area contributed by atoms with Crippen molar-refractivity contribution in [3.8, 4) is 0 Å². The number of nitrogens with zero attached hydrogens (tertiary/aromatic N) is 16. The standard InChI is InChI=1S/C31H29ClN8O.2C24H27ClN6O2S/c1-34-22-6-8-23(9-7-22)37-31(41)40-14-12-39(13-15-40)30-24-10-5-21(32)17-25(24)26(16-20-4-3-11-36-29(20)30)28(33)27-18-35-19-38(27)2;2*1-29-15-27-14-21(29)22(26)20-12-16-4-3-7-28-23(16)24(18-6-5-17(25)13-19(18)20)30-8-10-31(11-9-30)34(2,32)33/h3-11,16-19,28,30H,12-15,33H2,2H3,(H,37,41);2*3-7,12-15,22,24H,8-11,26H2,1-2H3/t28?,30-;2*22?,24-/m000/s1. The molecule has 3 aliphatic carbocycles. The Labute approximate surface area is 649 Å². The summed E-state index contributed by atoms with van der Waals surface area (Å²) >= 11 is 19.5. The number of piperazine rings is 3. The number of halogens is 3. The van der Waals surface area contributed by atoms with Gasteiger partial charge in [0.05, 0.1) is 127 Å². The molecular weight excluding hydrogens is 1480 g/mol. The maximum atomic E-state index is 13.0. The fraction of sp³-hybridized carbons (Fsp3) is 0.291. The second kappa shape index (κ2) is 32.1. The maximum Gasteiger partial charge on any atom is 0.321 e. The Kier molecular flexibility index (Phi) is 22.5. The first-order valence-corrected chi connectivity index (χ1v) is 40.4. The van der Waals surface area contributed by atoms with Gasteiger partial charge in [0.1, 0.15) is 0 Å². The van der Waals surface area contributed by atoms with Crippen LogP contribution in [0.25, 0.3) is 39.8 Å². The van der Waals surface area contributed by atoms with Crippen molar-refractivity contribution in [3.63, 3.8) is 0 Å². The van der Waals surface area contributed by atoms with Crippen LogP contribution >= 0.6 is 34.8 Å². The lowest BCUT2D eigenvalue weighted by Gasteiger charge is -2.39. The summed E-state index contributed by atoms with van der Waals surface area (Å²) in [4.78, 5) is 52.4. The number of aromatic nitrogens is 9. The zero-order chi connectivity index (χ0) is 76.6. The summed E-state index contributed by atoms with van der Waals surface area (Å²) in [6.45, 7) is 13.7. The van der Waals surface area contributed by atoms with Gasteiger partial charge >= 0.3 is 6.03 Å². The van der Waals surface area contributed by atoms with E-state index in [4.69, 9.17) is 73.5 Å². The lowest BCUT2D eigenvalue weighted by Crippen LogP contribution is -2.51. The van der Waals surface area contributed by atoms with Crippen LogP contribution in [0.4, 0.5) is 16.2 Å². The summed E-state index contributed by atoms with van der Waals surface area (Å²) in [7, 11) is -0.653. The van der Waals surface area contributed by atoms with Gasteiger partial charge in [-0.3, -0.25) is 29.7 Å². The van der Waals surface area contributed by atoms with E-state index in [0.717, 1.165) is 101 Å². The number of sulfonamides is 2. The number of urea groups is 1. The fourth-order valence-electron chi connectivity index (χ4n) is 15.5. The number of fused-ring (bicyclic) bond motifs is 6. The van der Waals surface area contributed by atoms with Crippen molar-refractivity contribution in [1.29, 1.82) is 0 Å². The first-order valence-electron chi connectivity index (χ1n) is 35.6. The Bertz CT molecular complexity index is 5230. The topological polar surface area (TPSA) is 291 Å². The Hall–Kier alpha value is -9.61. The van der Waals surface area contributed by atoms with Crippen LogP contribution in [0, 0.1) is 6.57 Å². The quantitative estimate of drug-likeness (QED) is 0.0827. The summed E-state index contributed by atoms with van der Waals surface area (Å²) in [5.74, 6) is 0. The lowest BCUT2D eigenvalue weighted by molar-refractivity contribution is 0.125. The molecule has 3 fully saturated rings. The van der Waals surface area contributed by atoms with Gasteiger partial charge in [-0.15, -0.1) is 0 Å². The van der Waals surface area contributed by atoms with Gasteiger partial charge in [0.25, 0.3) is 0 Å². The summed E-state index contributed by atoms with van der Waals surface area (Å²) in [6, 6.07) is 34.7. The van der Waals surface area contributed by atoms with Crippen molar-refractivity contribution in [3.05, 3.63) is 282 Å². The van der Waals surface area contributed by atoms with Crippen molar-refractivity contribution in [1.82, 2.24) is 71.8 Å². The molecule has 0 saturated carbocycles. The number of hydrogen-bond acceptors (Lipinski definition) is 17. The van der Waals surface area contributed by atoms with Gasteiger partial charge in [-0.25, -0.2) is 41.4 Å². The highest BCUT2D eigenvalue weighted by molar-refractivity contribution is 7.88. The van der Waals surface area contributed by atoms with Crippen LogP contribution in [0.5, 0.6) is 0 Å². The number of rotatable bonds is 12. The molecule has 6 aromatic heterocycles. The summed E-state index contributed by atoms with van der Waals surface area (Å²) in [6.07, 6.45) is 24.9. The number of hydrogen-bond donors (Lipinski definition) is 4. The monoisotopic (exact) mass is 1560 g/mol. The highest BCUT2D eigenvalue weighted by Crippen LogP contribution is 2.48. The third-order valence-corrected chi connectivity index (χ3v) is 24.5. The molecule has 3 aliphatic heterocycles. The third-order valence-electron chi connectivity index (χ3n) is 21.1. The van der Waals surface area contributed by atoms with Crippen LogP contribution in [-0.2, 0) is 41.2 Å². The van der Waals surface area contributed by atoms with E-state index in [-0.39, 0.29) is 24.2 Å². The number of nitrogens with two attached hydrogens (primary N) is 3. The smallest absolute Gasteiger partial charge is 0.321 e. The van der Waals surface area contributed by atoms with Gasteiger partial charge in [-0.1, -0.05) is 83.3 Å². The van der Waals surface area contributed by atoms with Crippen LogP contribution in [-0.4, -0.2) is 186 Å². The van der Waals surface area contributed by atoms with E-state index >= 15 is 0 Å². The molecule has 10 aromatic rings. The molecule has 9 heterocycles. The third kappa shape index (κ3) is 16.1. The van der Waals surface area contributed by atoms with Gasteiger partial charge in [0.2, 0.25) is 20.0 Å². The largest absolute Gasteiger partial charge is 0.336 e. The van der Waals surface area contributed by atoms with Gasteiger partial charge in [-0.05, 0) is 152 Å². The Morgan fingerprint density at radius 2 is 0.798 bits per heavy atom. The number of aryl methyl sites for hydroxylation is 3. The van der Waals surface area contributed by atoms with Gasteiger partial charge in [0, 0.05) is 139 Å². The average Bonchev–Trinajstić information content (AvgIpc) is 1.65. The summed E-state index contributed by atoms with van der Waals surface area (Å²) in [5.41, 5.74) is 39.1. The molecule has 6 atom stereocenters. The SMILES string of the molecule is Cn1cncc1C(N)C1=Cc2cccnc2[C@@H](N2CCN(S(C)(=O)=O)CC2)c2ccc(Cl)cc21.Cn1cncc1C(N)C1=Cc2cccnc2[C@@H](N2CCN(S(C)(=O)=O)CC2)c2ccc(Cl)cc21.[C-]#[N+]c1ccc(NC(=O)N2CCN([C@H]3c4ccc(Cl)cc4C(C(N)c4cncn4C)=Cc4cccnc43)CC2)cc1. The molecule has 4 aromatic carbocycles. The molecule has 7 N–H and O–H groups in total. The molecular formula is C79H83Cl3N20O5S2. The van der Waals surface area contributed by atoms with E-state index in [0.29, 0.717) is 105 Å². The van der Waals surface area contributed by atoms with E-state index in [9.17, 15) is 21.6 Å². The van der Waals surface area contributed by atoms with E-state index in [1.54, 1.807) is 74.2 Å². The van der Waals surface area contributed by atoms with Crippen LogP contribution in [0.2, 0.25) is 15.1 Å². The molecule has 6 aliphatic rings. The molecule has 30 heteroatoms. The minimum Gasteiger partial charge on any atom is -0.336 e. The number of imidazole rings is 3. The predicted molar refractivity (Wildman–Crippen MR) is 427 cm³/mol. The molecule has 562 valence electrons. The Balaban J connectivity index is 0.000000137. The first kappa shape index (κ1) is 76.2. The number of carbonyl (C=O) groups is 1. The molecule has 0 bridgehead atoms. The normalized spacial score (nSPS) is 19.2. The molecule has 16 rings (SSSR count). The molecule has 109 heavy (non-hydrogen) atoms. The Morgan fingerprint density at radius 1 is 0.477 bits per heavy atom. The highest BCUT2D eigenvalue weighted by atomic mass is 35.5. The maximum absolute atomic E-state index is 13.0.